The van der Waals surface area contributed by atoms with Gasteiger partial charge in [-0.15, -0.1) is 0 Å². The normalized spacial score (nSPS) is 29.2. The van der Waals surface area contributed by atoms with Crippen LogP contribution >= 0.6 is 0 Å². The Balaban J connectivity index is 1.29. The molecule has 8 nitrogen and oxygen atoms in total. The summed E-state index contributed by atoms with van der Waals surface area (Å²) < 4.78 is 34.4. The second-order valence-electron chi connectivity index (χ2n) is 8.85. The standard InChI is InChI=1S/C22H19F2N3O5/c23-10-2-1-9(14(24)3-10)6-25-21(30)13-7-26-8-17-27(22(31)18(26)20(29)19(13)28)15-5-16(32-17)12-4-11(12)15/h1-3,7,11-12,15-17,29H,4-6,8H2,(H,25,30)/t11-,12+,15-,16?,17?/m0/s1. The van der Waals surface area contributed by atoms with Crippen LogP contribution in [-0.4, -0.2) is 44.8 Å². The zero-order valence-corrected chi connectivity index (χ0v) is 16.8. The molecule has 6 rings (SSSR count). The Bertz CT molecular complexity index is 1240. The fourth-order valence-electron chi connectivity index (χ4n) is 5.47. The molecule has 1 saturated heterocycles. The molecule has 4 aliphatic rings. The molecule has 1 aromatic heterocycles. The van der Waals surface area contributed by atoms with Gasteiger partial charge in [0.25, 0.3) is 11.8 Å². The Hall–Kier alpha value is -3.27. The summed E-state index contributed by atoms with van der Waals surface area (Å²) in [6, 6.07) is 2.99. The first-order valence-electron chi connectivity index (χ1n) is 10.5. The number of carbonyl (C=O) groups is 2. The second-order valence-corrected chi connectivity index (χ2v) is 8.85. The number of nitrogens with one attached hydrogen (secondary N) is 1. The number of amides is 2. The van der Waals surface area contributed by atoms with Gasteiger partial charge in [0.05, 0.1) is 12.6 Å². The van der Waals surface area contributed by atoms with Crippen molar-refractivity contribution in [2.24, 2.45) is 11.8 Å². The van der Waals surface area contributed by atoms with E-state index in [2.05, 4.69) is 5.32 Å². The van der Waals surface area contributed by atoms with Crippen LogP contribution in [0.5, 0.6) is 5.75 Å². The minimum absolute atomic E-state index is 0.0394. The number of benzene rings is 1. The van der Waals surface area contributed by atoms with Gasteiger partial charge in [-0.25, -0.2) is 8.78 Å². The van der Waals surface area contributed by atoms with Gasteiger partial charge in [0.15, 0.2) is 17.7 Å². The largest absolute Gasteiger partial charge is 0.503 e. The van der Waals surface area contributed by atoms with Crippen molar-refractivity contribution >= 4 is 11.8 Å². The lowest BCUT2D eigenvalue weighted by molar-refractivity contribution is -0.144. The summed E-state index contributed by atoms with van der Waals surface area (Å²) in [5.41, 5.74) is -1.47. The number of aromatic nitrogens is 1. The summed E-state index contributed by atoms with van der Waals surface area (Å²) in [7, 11) is 0. The van der Waals surface area contributed by atoms with E-state index in [1.165, 1.54) is 16.8 Å². The van der Waals surface area contributed by atoms with Crippen molar-refractivity contribution in [3.8, 4) is 5.75 Å². The van der Waals surface area contributed by atoms with Gasteiger partial charge < -0.3 is 24.6 Å². The molecule has 1 aromatic carbocycles. The molecule has 5 atom stereocenters. The van der Waals surface area contributed by atoms with E-state index in [-0.39, 0.29) is 42.1 Å². The molecule has 2 saturated carbocycles. The zero-order valence-electron chi connectivity index (χ0n) is 16.8. The highest BCUT2D eigenvalue weighted by Crippen LogP contribution is 2.58. The van der Waals surface area contributed by atoms with Gasteiger partial charge in [-0.3, -0.25) is 14.4 Å². The molecule has 2 amide bonds. The Labute approximate surface area is 180 Å². The topological polar surface area (TPSA) is 101 Å². The summed E-state index contributed by atoms with van der Waals surface area (Å²) >= 11 is 0. The molecule has 3 fully saturated rings. The maximum atomic E-state index is 13.8. The number of nitrogens with zero attached hydrogens (tertiary/aromatic N) is 2. The minimum atomic E-state index is -0.980. The van der Waals surface area contributed by atoms with Crippen molar-refractivity contribution < 1.29 is 28.2 Å². The third-order valence-electron chi connectivity index (χ3n) is 7.08. The van der Waals surface area contributed by atoms with Crippen molar-refractivity contribution in [2.75, 3.05) is 0 Å². The van der Waals surface area contributed by atoms with Gasteiger partial charge in [-0.2, -0.15) is 0 Å². The molecule has 2 bridgehead atoms. The number of hydrogen-bond donors (Lipinski definition) is 2. The van der Waals surface area contributed by atoms with E-state index in [0.29, 0.717) is 17.9 Å². The van der Waals surface area contributed by atoms with E-state index >= 15 is 0 Å². The maximum Gasteiger partial charge on any atom is 0.276 e. The molecule has 166 valence electrons. The predicted molar refractivity (Wildman–Crippen MR) is 105 cm³/mol. The summed E-state index contributed by atoms with van der Waals surface area (Å²) in [5.74, 6) is -2.82. The molecule has 0 radical (unpaired) electrons. The van der Waals surface area contributed by atoms with E-state index in [4.69, 9.17) is 4.74 Å². The third-order valence-corrected chi connectivity index (χ3v) is 7.08. The molecule has 3 heterocycles. The second kappa shape index (κ2) is 6.61. The van der Waals surface area contributed by atoms with E-state index in [0.717, 1.165) is 18.9 Å². The van der Waals surface area contributed by atoms with Gasteiger partial charge >= 0.3 is 0 Å². The first-order valence-corrected chi connectivity index (χ1v) is 10.5. The Morgan fingerprint density at radius 1 is 1.22 bits per heavy atom. The number of pyridine rings is 1. The average Bonchev–Trinajstić information content (AvgIpc) is 3.50. The van der Waals surface area contributed by atoms with E-state index in [9.17, 15) is 28.3 Å². The highest BCUT2D eigenvalue weighted by Gasteiger charge is 2.63. The highest BCUT2D eigenvalue weighted by atomic mass is 19.1. The average molecular weight is 443 g/mol. The first-order chi connectivity index (χ1) is 15.3. The van der Waals surface area contributed by atoms with Crippen LogP contribution in [0.4, 0.5) is 8.78 Å². The van der Waals surface area contributed by atoms with Crippen LogP contribution in [0.3, 0.4) is 0 Å². The minimum Gasteiger partial charge on any atom is -0.503 e. The number of ether oxygens (including phenoxy) is 1. The molecule has 2 unspecified atom stereocenters. The SMILES string of the molecule is O=C(NCc1ccc(F)cc1F)c1cn2c(c(O)c1=O)C(=O)N1C(C2)OC2C[C@H]1[C@H]1C[C@@H]21. The molecular formula is C22H19F2N3O5. The Kier molecular flexibility index (Phi) is 4.01. The van der Waals surface area contributed by atoms with Gasteiger partial charge in [0, 0.05) is 30.4 Å². The Morgan fingerprint density at radius 2 is 2.03 bits per heavy atom. The number of carbonyl (C=O) groups excluding carboxylic acids is 2. The van der Waals surface area contributed by atoms with Crippen LogP contribution in [-0.2, 0) is 17.8 Å². The summed E-state index contributed by atoms with van der Waals surface area (Å²) in [6.07, 6.45) is 2.62. The third kappa shape index (κ3) is 2.72. The van der Waals surface area contributed by atoms with Crippen LogP contribution in [0, 0.1) is 23.5 Å². The van der Waals surface area contributed by atoms with Crippen molar-refractivity contribution in [2.45, 2.75) is 44.3 Å². The van der Waals surface area contributed by atoms with Gasteiger partial charge in [0.1, 0.15) is 17.2 Å². The lowest BCUT2D eigenvalue weighted by Gasteiger charge is -2.45. The first kappa shape index (κ1) is 19.4. The zero-order chi connectivity index (χ0) is 22.3. The summed E-state index contributed by atoms with van der Waals surface area (Å²) in [4.78, 5) is 40.1. The summed E-state index contributed by atoms with van der Waals surface area (Å²) in [6.45, 7) is -0.0916. The summed E-state index contributed by atoms with van der Waals surface area (Å²) in [5, 5.41) is 12.9. The van der Waals surface area contributed by atoms with Crippen molar-refractivity contribution in [1.29, 1.82) is 0 Å². The monoisotopic (exact) mass is 443 g/mol. The lowest BCUT2D eigenvalue weighted by atomic mass is 10.0. The van der Waals surface area contributed by atoms with Crippen molar-refractivity contribution in [1.82, 2.24) is 14.8 Å². The molecular weight excluding hydrogens is 424 g/mol. The molecule has 2 N–H and O–H groups in total. The van der Waals surface area contributed by atoms with Crippen LogP contribution in [0.1, 0.15) is 39.3 Å². The lowest BCUT2D eigenvalue weighted by Crippen LogP contribution is -2.58. The molecule has 32 heavy (non-hydrogen) atoms. The molecule has 0 spiro atoms. The quantitative estimate of drug-likeness (QED) is 0.746. The van der Waals surface area contributed by atoms with Crippen LogP contribution in [0.25, 0.3) is 0 Å². The number of aromatic hydroxyl groups is 1. The van der Waals surface area contributed by atoms with E-state index in [1.807, 2.05) is 0 Å². The fourth-order valence-corrected chi connectivity index (χ4v) is 5.47. The Morgan fingerprint density at radius 3 is 2.81 bits per heavy atom. The molecule has 10 heteroatoms. The van der Waals surface area contributed by atoms with Crippen LogP contribution < -0.4 is 10.7 Å². The highest BCUT2D eigenvalue weighted by molar-refractivity contribution is 5.99. The van der Waals surface area contributed by atoms with Crippen molar-refractivity contribution in [3.63, 3.8) is 0 Å². The van der Waals surface area contributed by atoms with Crippen LogP contribution in [0.15, 0.2) is 29.2 Å². The number of hydrogen-bond acceptors (Lipinski definition) is 5. The number of fused-ring (bicyclic) bond motifs is 8. The predicted octanol–water partition coefficient (Wildman–Crippen LogP) is 1.35. The van der Waals surface area contributed by atoms with Crippen molar-refractivity contribution in [3.05, 3.63) is 63.1 Å². The van der Waals surface area contributed by atoms with E-state index in [1.54, 1.807) is 4.90 Å². The van der Waals surface area contributed by atoms with Gasteiger partial charge in [-0.1, -0.05) is 6.07 Å². The smallest absolute Gasteiger partial charge is 0.276 e. The van der Waals surface area contributed by atoms with Gasteiger partial charge in [0.2, 0.25) is 5.43 Å². The number of halogens is 2. The molecule has 2 aliphatic carbocycles. The molecule has 2 aliphatic heterocycles. The van der Waals surface area contributed by atoms with Crippen LogP contribution in [0.2, 0.25) is 0 Å². The fraction of sp³-hybridized carbons (Fsp3) is 0.409. The van der Waals surface area contributed by atoms with Gasteiger partial charge in [-0.05, 0) is 30.7 Å². The molecule has 2 aromatic rings. The maximum absolute atomic E-state index is 13.8. The number of rotatable bonds is 3. The van der Waals surface area contributed by atoms with E-state index < -0.39 is 40.9 Å².